The molecule has 2 aromatic rings. The number of nitrogens with one attached hydrogen (secondary N) is 1. The Hall–Kier alpha value is -1.63. The number of aliphatic hydroxyl groups is 1. The molecule has 4 unspecified atom stereocenters. The molecule has 1 aromatic carbocycles. The molecule has 0 amide bonds. The molecule has 6 nitrogen and oxygen atoms in total. The maximum absolute atomic E-state index is 10.6. The molecule has 3 aliphatic rings. The van der Waals surface area contributed by atoms with Crippen molar-refractivity contribution in [3.05, 3.63) is 24.3 Å². The highest BCUT2D eigenvalue weighted by Crippen LogP contribution is 2.47. The summed E-state index contributed by atoms with van der Waals surface area (Å²) in [6, 6.07) is 8.04. The molecular weight excluding hydrogens is 246 g/mol. The number of hydrogen-bond acceptors (Lipinski definition) is 5. The minimum Gasteiger partial charge on any atom is -0.366 e. The van der Waals surface area contributed by atoms with Crippen LogP contribution in [0, 0.1) is 0 Å². The van der Waals surface area contributed by atoms with E-state index in [-0.39, 0.29) is 12.1 Å². The van der Waals surface area contributed by atoms with Gasteiger partial charge in [-0.3, -0.25) is 0 Å². The van der Waals surface area contributed by atoms with Crippen molar-refractivity contribution in [2.75, 3.05) is 11.9 Å². The average Bonchev–Trinajstić information content (AvgIpc) is 2.99. The summed E-state index contributed by atoms with van der Waals surface area (Å²) in [5.41, 5.74) is 0.818. The fourth-order valence-electron chi connectivity index (χ4n) is 3.45. The summed E-state index contributed by atoms with van der Waals surface area (Å²) in [5, 5.41) is 13.7. The molecule has 98 valence electrons. The Balaban J connectivity index is 1.79. The zero-order valence-electron chi connectivity index (χ0n) is 10.1. The number of imidazole rings is 1. The number of rotatable bonds is 0. The summed E-state index contributed by atoms with van der Waals surface area (Å²) in [4.78, 5) is 4.56. The van der Waals surface area contributed by atoms with Gasteiger partial charge in [0.15, 0.2) is 5.72 Å². The highest BCUT2D eigenvalue weighted by Gasteiger charge is 2.57. The predicted molar refractivity (Wildman–Crippen MR) is 66.6 cm³/mol. The van der Waals surface area contributed by atoms with Gasteiger partial charge in [-0.1, -0.05) is 12.1 Å². The van der Waals surface area contributed by atoms with Gasteiger partial charge in [0.1, 0.15) is 6.10 Å². The van der Waals surface area contributed by atoms with E-state index in [1.165, 1.54) is 0 Å². The van der Waals surface area contributed by atoms with Gasteiger partial charge in [-0.05, 0) is 12.1 Å². The predicted octanol–water partition coefficient (Wildman–Crippen LogP) is 0.837. The number of hydrogen-bond donors (Lipinski definition) is 2. The van der Waals surface area contributed by atoms with E-state index in [0.29, 0.717) is 19.0 Å². The van der Waals surface area contributed by atoms with Gasteiger partial charge in [0.05, 0.1) is 23.7 Å². The first kappa shape index (κ1) is 10.2. The number of anilines is 1. The lowest BCUT2D eigenvalue weighted by Crippen LogP contribution is -2.58. The fourth-order valence-corrected chi connectivity index (χ4v) is 3.45. The maximum Gasteiger partial charge on any atom is 0.206 e. The zero-order valence-corrected chi connectivity index (χ0v) is 10.1. The van der Waals surface area contributed by atoms with Gasteiger partial charge in [-0.15, -0.1) is 0 Å². The van der Waals surface area contributed by atoms with Gasteiger partial charge in [0.25, 0.3) is 0 Å². The summed E-state index contributed by atoms with van der Waals surface area (Å²) in [6.07, 6.45) is -0.0265. The lowest BCUT2D eigenvalue weighted by molar-refractivity contribution is -0.214. The molecule has 19 heavy (non-hydrogen) atoms. The van der Waals surface area contributed by atoms with E-state index in [2.05, 4.69) is 14.9 Å². The molecule has 2 fully saturated rings. The van der Waals surface area contributed by atoms with Crippen LogP contribution < -0.4 is 5.32 Å². The van der Waals surface area contributed by atoms with Crippen LogP contribution in [0.5, 0.6) is 0 Å². The molecule has 0 aliphatic carbocycles. The first-order valence-corrected chi connectivity index (χ1v) is 6.49. The average molecular weight is 259 g/mol. The maximum atomic E-state index is 10.6. The topological polar surface area (TPSA) is 68.5 Å². The molecule has 0 radical (unpaired) electrons. The molecule has 0 saturated carbocycles. The van der Waals surface area contributed by atoms with Gasteiger partial charge in [-0.25, -0.2) is 4.98 Å². The molecule has 2 N–H and O–H groups in total. The number of ether oxygens (including phenoxy) is 2. The molecule has 4 atom stereocenters. The monoisotopic (exact) mass is 259 g/mol. The third kappa shape index (κ3) is 1.14. The van der Waals surface area contributed by atoms with Crippen LogP contribution in [0.1, 0.15) is 12.5 Å². The molecule has 5 rings (SSSR count). The fraction of sp³-hybridized carbons (Fsp3) is 0.462. The summed E-state index contributed by atoms with van der Waals surface area (Å²) >= 11 is 0. The second-order valence-electron chi connectivity index (χ2n) is 5.45. The van der Waals surface area contributed by atoms with Crippen molar-refractivity contribution in [3.8, 4) is 0 Å². The smallest absolute Gasteiger partial charge is 0.206 e. The van der Waals surface area contributed by atoms with E-state index in [0.717, 1.165) is 11.0 Å². The van der Waals surface area contributed by atoms with Crippen LogP contribution >= 0.6 is 0 Å². The van der Waals surface area contributed by atoms with Crippen LogP contribution in [-0.4, -0.2) is 39.4 Å². The van der Waals surface area contributed by atoms with Crippen molar-refractivity contribution >= 4 is 17.0 Å². The van der Waals surface area contributed by atoms with E-state index < -0.39 is 12.0 Å². The van der Waals surface area contributed by atoms with Crippen molar-refractivity contribution in [2.24, 2.45) is 0 Å². The van der Waals surface area contributed by atoms with E-state index >= 15 is 0 Å². The minimum absolute atomic E-state index is 0.0104. The lowest BCUT2D eigenvalue weighted by Gasteiger charge is -2.45. The second-order valence-corrected chi connectivity index (χ2v) is 5.45. The Morgan fingerprint density at radius 3 is 3.26 bits per heavy atom. The Bertz CT molecular complexity index is 685. The Labute approximate surface area is 108 Å². The Kier molecular flexibility index (Phi) is 1.66. The highest BCUT2D eigenvalue weighted by atomic mass is 16.7. The number of benzene rings is 1. The second kappa shape index (κ2) is 3.09. The van der Waals surface area contributed by atoms with Crippen LogP contribution in [0.4, 0.5) is 5.95 Å². The highest BCUT2D eigenvalue weighted by molar-refractivity contribution is 5.79. The summed E-state index contributed by atoms with van der Waals surface area (Å²) in [6.45, 7) is 0.519. The molecule has 4 heterocycles. The molecule has 2 saturated heterocycles. The number of nitrogens with zero attached hydrogens (tertiary/aromatic N) is 2. The third-order valence-corrected chi connectivity index (χ3v) is 4.31. The molecule has 1 aromatic heterocycles. The van der Waals surface area contributed by atoms with E-state index in [4.69, 9.17) is 9.47 Å². The SMILES string of the molecule is OC12CC(C3COC1O3)n1c(nc3ccccc31)N2. The van der Waals surface area contributed by atoms with Crippen LogP contribution in [-0.2, 0) is 9.47 Å². The van der Waals surface area contributed by atoms with Gasteiger partial charge < -0.3 is 24.5 Å². The van der Waals surface area contributed by atoms with Gasteiger partial charge in [0.2, 0.25) is 12.2 Å². The largest absolute Gasteiger partial charge is 0.366 e. The van der Waals surface area contributed by atoms with Crippen molar-refractivity contribution in [2.45, 2.75) is 30.6 Å². The van der Waals surface area contributed by atoms with E-state index in [9.17, 15) is 5.11 Å². The molecule has 4 bridgehead atoms. The van der Waals surface area contributed by atoms with Crippen LogP contribution in [0.15, 0.2) is 24.3 Å². The molecule has 0 spiro atoms. The van der Waals surface area contributed by atoms with E-state index in [1.54, 1.807) is 0 Å². The van der Waals surface area contributed by atoms with Crippen LogP contribution in [0.2, 0.25) is 0 Å². The van der Waals surface area contributed by atoms with Crippen molar-refractivity contribution in [1.82, 2.24) is 9.55 Å². The van der Waals surface area contributed by atoms with Gasteiger partial charge >= 0.3 is 0 Å². The molecular formula is C13H13N3O3. The standard InChI is InChI=1S/C13H13N3O3/c17-13-5-9(10-6-18-11(13)19-10)16-8-4-2-1-3-7(8)14-12(16)15-13/h1-4,9-11,17H,5-6H2,(H,14,15). The summed E-state index contributed by atoms with van der Waals surface area (Å²) in [7, 11) is 0. The van der Waals surface area contributed by atoms with Crippen molar-refractivity contribution in [3.63, 3.8) is 0 Å². The summed E-state index contributed by atoms with van der Waals surface area (Å²) in [5.74, 6) is 0.698. The number of para-hydroxylation sites is 2. The third-order valence-electron chi connectivity index (χ3n) is 4.31. The quantitative estimate of drug-likeness (QED) is 0.733. The summed E-state index contributed by atoms with van der Waals surface area (Å²) < 4.78 is 13.4. The van der Waals surface area contributed by atoms with E-state index in [1.807, 2.05) is 24.3 Å². The first-order chi connectivity index (χ1) is 9.24. The van der Waals surface area contributed by atoms with Crippen LogP contribution in [0.3, 0.4) is 0 Å². The molecule has 6 heteroatoms. The zero-order chi connectivity index (χ0) is 12.6. The number of aromatic nitrogens is 2. The van der Waals surface area contributed by atoms with Crippen LogP contribution in [0.25, 0.3) is 11.0 Å². The Morgan fingerprint density at radius 2 is 2.32 bits per heavy atom. The van der Waals surface area contributed by atoms with Crippen molar-refractivity contribution < 1.29 is 14.6 Å². The van der Waals surface area contributed by atoms with Gasteiger partial charge in [-0.2, -0.15) is 0 Å². The number of fused-ring (bicyclic) bond motifs is 10. The lowest BCUT2D eigenvalue weighted by atomic mass is 9.94. The first-order valence-electron chi connectivity index (χ1n) is 6.49. The van der Waals surface area contributed by atoms with Gasteiger partial charge in [0, 0.05) is 6.42 Å². The molecule has 3 aliphatic heterocycles. The minimum atomic E-state index is -1.17. The van der Waals surface area contributed by atoms with Crippen molar-refractivity contribution in [1.29, 1.82) is 0 Å². The normalized spacial score (nSPS) is 39.1. The Morgan fingerprint density at radius 1 is 1.42 bits per heavy atom.